The summed E-state index contributed by atoms with van der Waals surface area (Å²) in [5.74, 6) is -0.517. The second-order valence-corrected chi connectivity index (χ2v) is 1.20. The summed E-state index contributed by atoms with van der Waals surface area (Å²) >= 11 is 2.87. The van der Waals surface area contributed by atoms with E-state index in [1.54, 1.807) is 0 Å². The maximum Gasteiger partial charge on any atom is 0.331 e. The third kappa shape index (κ3) is 3.52. The van der Waals surface area contributed by atoms with Crippen molar-refractivity contribution in [2.24, 2.45) is 0 Å². The predicted octanol–water partition coefficient (Wildman–Crippen LogP) is 0.871. The van der Waals surface area contributed by atoms with Gasteiger partial charge in [0.05, 0.1) is 0 Å². The lowest BCUT2D eigenvalue weighted by Crippen LogP contribution is -1.95. The van der Waals surface area contributed by atoms with E-state index in [4.69, 9.17) is 6.58 Å². The number of carbonyl (C=O) groups excluding carboxylic acids is 1. The molecule has 0 unspecified atom stereocenters. The zero-order valence-corrected chi connectivity index (χ0v) is 5.14. The highest BCUT2D eigenvalue weighted by molar-refractivity contribution is 9.09. The molecule has 0 aromatic heterocycles. The van der Waals surface area contributed by atoms with E-state index >= 15 is 0 Å². The Balaban J connectivity index is 3.17. The van der Waals surface area contributed by atoms with Gasteiger partial charge in [0.25, 0.3) is 0 Å². The van der Waals surface area contributed by atoms with Gasteiger partial charge in [0, 0.05) is 6.08 Å². The summed E-state index contributed by atoms with van der Waals surface area (Å²) < 4.78 is 4.29. The quantitative estimate of drug-likeness (QED) is 0.344. The number of ether oxygens (including phenoxy) is 1. The number of alkyl halides is 1. The van der Waals surface area contributed by atoms with Crippen LogP contribution < -0.4 is 0 Å². The van der Waals surface area contributed by atoms with Crippen molar-refractivity contribution in [1.82, 2.24) is 0 Å². The molecule has 0 aromatic carbocycles. The molecule has 0 aliphatic rings. The molecule has 0 atom stereocenters. The van der Waals surface area contributed by atoms with Gasteiger partial charge in [0.2, 0.25) is 0 Å². The molecule has 0 spiro atoms. The van der Waals surface area contributed by atoms with Crippen LogP contribution in [0.2, 0.25) is 0 Å². The van der Waals surface area contributed by atoms with Crippen molar-refractivity contribution in [2.75, 3.05) is 5.52 Å². The molecule has 0 bridgehead atoms. The summed E-state index contributed by atoms with van der Waals surface area (Å²) in [6.45, 7) is 4.74. The number of esters is 1. The molecule has 0 amide bonds. The highest BCUT2D eigenvalue weighted by atomic mass is 79.9. The molecule has 39 valence electrons. The monoisotopic (exact) mass is 163 g/mol. The summed E-state index contributed by atoms with van der Waals surface area (Å²) in [5, 5.41) is 0. The van der Waals surface area contributed by atoms with E-state index in [2.05, 4.69) is 20.7 Å². The Morgan fingerprint density at radius 2 is 2.57 bits per heavy atom. The molecule has 2 nitrogen and oxygen atoms in total. The molecule has 0 saturated heterocycles. The van der Waals surface area contributed by atoms with E-state index in [1.807, 2.05) is 0 Å². The number of hydrogen-bond acceptors (Lipinski definition) is 2. The van der Waals surface area contributed by atoms with E-state index in [0.29, 0.717) is 0 Å². The SMILES string of the molecule is [CH]=CC(=O)OCBr. The summed E-state index contributed by atoms with van der Waals surface area (Å²) in [5.41, 5.74) is 0.194. The average molecular weight is 164 g/mol. The van der Waals surface area contributed by atoms with Gasteiger partial charge >= 0.3 is 5.97 Å². The fourth-order valence-electron chi connectivity index (χ4n) is 0.102. The minimum atomic E-state index is -0.517. The highest BCUT2D eigenvalue weighted by Crippen LogP contribution is 1.83. The van der Waals surface area contributed by atoms with Crippen LogP contribution in [0, 0.1) is 6.58 Å². The summed E-state index contributed by atoms with van der Waals surface area (Å²) in [7, 11) is 0. The largest absolute Gasteiger partial charge is 0.451 e. The topological polar surface area (TPSA) is 26.3 Å². The number of hydrogen-bond donors (Lipinski definition) is 0. The first-order valence-corrected chi connectivity index (χ1v) is 2.71. The average Bonchev–Trinajstić information content (AvgIpc) is 1.68. The van der Waals surface area contributed by atoms with Crippen LogP contribution in [0.15, 0.2) is 6.08 Å². The lowest BCUT2D eigenvalue weighted by atomic mass is 10.7. The molecular formula is C4H4BrO2. The van der Waals surface area contributed by atoms with Crippen molar-refractivity contribution in [1.29, 1.82) is 0 Å². The van der Waals surface area contributed by atoms with Gasteiger partial charge in [-0.3, -0.25) is 0 Å². The second kappa shape index (κ2) is 3.87. The third-order valence-corrected chi connectivity index (χ3v) is 0.562. The zero-order valence-electron chi connectivity index (χ0n) is 3.56. The van der Waals surface area contributed by atoms with E-state index in [-0.39, 0.29) is 5.52 Å². The van der Waals surface area contributed by atoms with Gasteiger partial charge in [-0.1, -0.05) is 6.58 Å². The molecule has 3 heteroatoms. The minimum Gasteiger partial charge on any atom is -0.451 e. The summed E-state index contributed by atoms with van der Waals surface area (Å²) in [6, 6.07) is 0. The number of halogens is 1. The number of carbonyl (C=O) groups is 1. The first-order valence-electron chi connectivity index (χ1n) is 1.59. The van der Waals surface area contributed by atoms with Crippen LogP contribution in [0.4, 0.5) is 0 Å². The van der Waals surface area contributed by atoms with Gasteiger partial charge in [-0.2, -0.15) is 0 Å². The van der Waals surface area contributed by atoms with Crippen LogP contribution in [-0.4, -0.2) is 11.5 Å². The van der Waals surface area contributed by atoms with Crippen LogP contribution in [0.25, 0.3) is 0 Å². The Labute approximate surface area is 50.3 Å². The van der Waals surface area contributed by atoms with E-state index in [1.165, 1.54) is 0 Å². The Bertz CT molecular complexity index is 79.8. The van der Waals surface area contributed by atoms with E-state index < -0.39 is 5.97 Å². The van der Waals surface area contributed by atoms with Crippen LogP contribution in [-0.2, 0) is 9.53 Å². The molecular weight excluding hydrogens is 160 g/mol. The van der Waals surface area contributed by atoms with Crippen LogP contribution in [0.5, 0.6) is 0 Å². The van der Waals surface area contributed by atoms with Gasteiger partial charge in [-0.05, 0) is 15.9 Å². The lowest BCUT2D eigenvalue weighted by Gasteiger charge is -1.89. The first-order chi connectivity index (χ1) is 3.31. The van der Waals surface area contributed by atoms with Gasteiger partial charge in [-0.15, -0.1) is 0 Å². The molecule has 0 aromatic rings. The van der Waals surface area contributed by atoms with Crippen molar-refractivity contribution in [3.63, 3.8) is 0 Å². The molecule has 0 N–H and O–H groups in total. The van der Waals surface area contributed by atoms with Gasteiger partial charge in [-0.25, -0.2) is 4.79 Å². The Hall–Kier alpha value is -0.310. The third-order valence-electron chi connectivity index (χ3n) is 0.333. The molecule has 0 aliphatic heterocycles. The molecule has 0 heterocycles. The molecule has 0 saturated carbocycles. The van der Waals surface area contributed by atoms with Crippen molar-refractivity contribution in [3.05, 3.63) is 12.7 Å². The molecule has 0 fully saturated rings. The summed E-state index contributed by atoms with van der Waals surface area (Å²) in [4.78, 5) is 9.98. The van der Waals surface area contributed by atoms with E-state index in [9.17, 15) is 4.79 Å². The van der Waals surface area contributed by atoms with Crippen molar-refractivity contribution >= 4 is 21.9 Å². The maximum absolute atomic E-state index is 9.98. The lowest BCUT2D eigenvalue weighted by molar-refractivity contribution is -0.135. The maximum atomic E-state index is 9.98. The standard InChI is InChI=1S/C4H4BrO2/c1-2-4(6)7-3-5/h1-2H,3H2. The van der Waals surface area contributed by atoms with Crippen LogP contribution in [0.3, 0.4) is 0 Å². The fourth-order valence-corrected chi connectivity index (χ4v) is 0.328. The molecule has 0 aliphatic carbocycles. The fraction of sp³-hybridized carbons (Fsp3) is 0.250. The van der Waals surface area contributed by atoms with Crippen molar-refractivity contribution in [3.8, 4) is 0 Å². The van der Waals surface area contributed by atoms with Gasteiger partial charge < -0.3 is 4.74 Å². The Morgan fingerprint density at radius 1 is 2.00 bits per heavy atom. The van der Waals surface area contributed by atoms with Crippen LogP contribution >= 0.6 is 15.9 Å². The minimum absolute atomic E-state index is 0.194. The van der Waals surface area contributed by atoms with Gasteiger partial charge in [0.15, 0.2) is 0 Å². The number of rotatable bonds is 2. The van der Waals surface area contributed by atoms with Crippen molar-refractivity contribution < 1.29 is 9.53 Å². The second-order valence-electron chi connectivity index (χ2n) is 0.739. The van der Waals surface area contributed by atoms with Crippen molar-refractivity contribution in [2.45, 2.75) is 0 Å². The zero-order chi connectivity index (χ0) is 5.70. The smallest absolute Gasteiger partial charge is 0.331 e. The Morgan fingerprint density at radius 3 is 2.71 bits per heavy atom. The van der Waals surface area contributed by atoms with Crippen LogP contribution in [0.1, 0.15) is 0 Å². The van der Waals surface area contributed by atoms with E-state index in [0.717, 1.165) is 6.08 Å². The molecule has 7 heavy (non-hydrogen) atoms. The molecule has 1 radical (unpaired) electrons. The first kappa shape index (κ1) is 6.69. The molecule has 0 rings (SSSR count). The highest BCUT2D eigenvalue weighted by Gasteiger charge is 1.87. The summed E-state index contributed by atoms with van der Waals surface area (Å²) in [6.07, 6.45) is 0.862. The normalized spacial score (nSPS) is 7.57. The Kier molecular flexibility index (Phi) is 3.69. The predicted molar refractivity (Wildman–Crippen MR) is 28.8 cm³/mol. The van der Waals surface area contributed by atoms with Gasteiger partial charge in [0.1, 0.15) is 5.52 Å².